The zero-order chi connectivity index (χ0) is 19.2. The fourth-order valence-electron chi connectivity index (χ4n) is 2.73. The molecule has 0 aliphatic heterocycles. The van der Waals surface area contributed by atoms with Gasteiger partial charge in [0.1, 0.15) is 5.82 Å². The largest absolute Gasteiger partial charge is 0.341 e. The lowest BCUT2D eigenvalue weighted by Gasteiger charge is -2.16. The second-order valence-electron chi connectivity index (χ2n) is 6.00. The maximum Gasteiger partial charge on any atom is 0.238 e. The topological polar surface area (TPSA) is 69.8 Å². The number of imidazole rings is 1. The first-order chi connectivity index (χ1) is 13.1. The third-order valence-electron chi connectivity index (χ3n) is 4.08. The van der Waals surface area contributed by atoms with Crippen LogP contribution in [-0.4, -0.2) is 34.4 Å². The standard InChI is InChI=1S/C19H20Cl2N4OS/c1-27-10-9-16(19-23-14-7-2-3-8-15(14)24-19)22-11-17(26)25-18-12(20)5-4-6-13(18)21/h2-8,16,22H,9-11H2,1H3,(H,23,24)(H,25,26). The number of nitrogens with zero attached hydrogens (tertiary/aromatic N) is 1. The van der Waals surface area contributed by atoms with Gasteiger partial charge < -0.3 is 10.3 Å². The van der Waals surface area contributed by atoms with Gasteiger partial charge in [-0.05, 0) is 42.7 Å². The van der Waals surface area contributed by atoms with Gasteiger partial charge in [0.15, 0.2) is 0 Å². The zero-order valence-electron chi connectivity index (χ0n) is 14.8. The Bertz CT molecular complexity index is 878. The number of aromatic amines is 1. The fourth-order valence-corrected chi connectivity index (χ4v) is 3.69. The van der Waals surface area contributed by atoms with Crippen LogP contribution in [0.5, 0.6) is 0 Å². The maximum atomic E-state index is 12.4. The Kier molecular flexibility index (Phi) is 7.01. The highest BCUT2D eigenvalue weighted by Crippen LogP contribution is 2.29. The Morgan fingerprint density at radius 3 is 2.63 bits per heavy atom. The van der Waals surface area contributed by atoms with Crippen molar-refractivity contribution in [3.05, 3.63) is 58.3 Å². The van der Waals surface area contributed by atoms with E-state index in [-0.39, 0.29) is 18.5 Å². The molecule has 0 saturated carbocycles. The van der Waals surface area contributed by atoms with Gasteiger partial charge >= 0.3 is 0 Å². The van der Waals surface area contributed by atoms with Crippen molar-refractivity contribution < 1.29 is 4.79 Å². The molecule has 3 rings (SSSR count). The van der Waals surface area contributed by atoms with E-state index in [1.54, 1.807) is 30.0 Å². The molecule has 1 unspecified atom stereocenters. The second-order valence-corrected chi connectivity index (χ2v) is 7.80. The molecule has 1 amide bonds. The number of fused-ring (bicyclic) bond motifs is 1. The molecule has 0 saturated heterocycles. The molecule has 0 aliphatic rings. The van der Waals surface area contributed by atoms with E-state index in [0.717, 1.165) is 29.0 Å². The smallest absolute Gasteiger partial charge is 0.238 e. The number of hydrogen-bond donors (Lipinski definition) is 3. The molecular weight excluding hydrogens is 403 g/mol. The minimum atomic E-state index is -0.213. The molecule has 1 heterocycles. The summed E-state index contributed by atoms with van der Waals surface area (Å²) in [5.74, 6) is 1.57. The van der Waals surface area contributed by atoms with Crippen molar-refractivity contribution in [3.8, 4) is 0 Å². The Hall–Kier alpha value is -1.73. The van der Waals surface area contributed by atoms with Gasteiger partial charge in [-0.25, -0.2) is 4.98 Å². The van der Waals surface area contributed by atoms with Gasteiger partial charge in [-0.1, -0.05) is 41.4 Å². The molecule has 2 aromatic carbocycles. The number of aromatic nitrogens is 2. The lowest BCUT2D eigenvalue weighted by atomic mass is 10.2. The molecule has 1 aromatic heterocycles. The molecule has 8 heteroatoms. The van der Waals surface area contributed by atoms with E-state index in [0.29, 0.717) is 15.7 Å². The van der Waals surface area contributed by atoms with E-state index in [4.69, 9.17) is 23.2 Å². The quantitative estimate of drug-likeness (QED) is 0.483. The molecule has 0 bridgehead atoms. The first-order valence-corrected chi connectivity index (χ1v) is 10.6. The molecule has 0 spiro atoms. The predicted molar refractivity (Wildman–Crippen MR) is 115 cm³/mol. The van der Waals surface area contributed by atoms with Crippen LogP contribution in [0.3, 0.4) is 0 Å². The third-order valence-corrected chi connectivity index (χ3v) is 5.36. The highest BCUT2D eigenvalue weighted by atomic mass is 35.5. The van der Waals surface area contributed by atoms with Crippen LogP contribution in [0.25, 0.3) is 11.0 Å². The zero-order valence-corrected chi connectivity index (χ0v) is 17.1. The van der Waals surface area contributed by atoms with E-state index in [1.807, 2.05) is 24.3 Å². The van der Waals surface area contributed by atoms with Crippen LogP contribution in [0.2, 0.25) is 10.0 Å². The van der Waals surface area contributed by atoms with Crippen LogP contribution in [0.1, 0.15) is 18.3 Å². The Balaban J connectivity index is 1.68. The van der Waals surface area contributed by atoms with Crippen molar-refractivity contribution in [2.24, 2.45) is 0 Å². The van der Waals surface area contributed by atoms with Crippen LogP contribution in [0, 0.1) is 0 Å². The van der Waals surface area contributed by atoms with E-state index in [9.17, 15) is 4.79 Å². The number of hydrogen-bond acceptors (Lipinski definition) is 4. The fraction of sp³-hybridized carbons (Fsp3) is 0.263. The molecule has 3 N–H and O–H groups in total. The lowest BCUT2D eigenvalue weighted by molar-refractivity contribution is -0.115. The van der Waals surface area contributed by atoms with Crippen LogP contribution in [-0.2, 0) is 4.79 Å². The summed E-state index contributed by atoms with van der Waals surface area (Å²) in [6, 6.07) is 12.9. The van der Waals surface area contributed by atoms with Crippen LogP contribution in [0.4, 0.5) is 5.69 Å². The summed E-state index contributed by atoms with van der Waals surface area (Å²) in [7, 11) is 0. The number of anilines is 1. The van der Waals surface area contributed by atoms with Crippen molar-refractivity contribution >= 4 is 57.6 Å². The Labute approximate surface area is 172 Å². The molecule has 142 valence electrons. The summed E-state index contributed by atoms with van der Waals surface area (Å²) >= 11 is 14.0. The number of amides is 1. The van der Waals surface area contributed by atoms with Crippen molar-refractivity contribution in [2.45, 2.75) is 12.5 Å². The number of H-pyrrole nitrogens is 1. The first-order valence-electron chi connectivity index (χ1n) is 8.49. The third kappa shape index (κ3) is 5.17. The van der Waals surface area contributed by atoms with Crippen LogP contribution < -0.4 is 10.6 Å². The van der Waals surface area contributed by atoms with Gasteiger partial charge in [-0.3, -0.25) is 10.1 Å². The molecule has 1 atom stereocenters. The summed E-state index contributed by atoms with van der Waals surface area (Å²) in [5, 5.41) is 6.87. The molecule has 27 heavy (non-hydrogen) atoms. The van der Waals surface area contributed by atoms with Crippen molar-refractivity contribution in [3.63, 3.8) is 0 Å². The normalized spacial score (nSPS) is 12.3. The molecule has 5 nitrogen and oxygen atoms in total. The predicted octanol–water partition coefficient (Wildman–Crippen LogP) is 4.89. The lowest BCUT2D eigenvalue weighted by Crippen LogP contribution is -2.32. The maximum absolute atomic E-state index is 12.4. The first kappa shape index (κ1) is 20.0. The number of carbonyl (C=O) groups is 1. The summed E-state index contributed by atoms with van der Waals surface area (Å²) < 4.78 is 0. The van der Waals surface area contributed by atoms with Crippen molar-refractivity contribution in [2.75, 3.05) is 23.9 Å². The summed E-state index contributed by atoms with van der Waals surface area (Å²) in [6.07, 6.45) is 2.91. The van der Waals surface area contributed by atoms with Gasteiger partial charge in [0, 0.05) is 0 Å². The summed E-state index contributed by atoms with van der Waals surface area (Å²) in [5.41, 5.74) is 2.32. The molecule has 0 aliphatic carbocycles. The highest BCUT2D eigenvalue weighted by Gasteiger charge is 2.17. The molecule has 0 fully saturated rings. The van der Waals surface area contributed by atoms with Gasteiger partial charge in [-0.2, -0.15) is 11.8 Å². The highest BCUT2D eigenvalue weighted by molar-refractivity contribution is 7.98. The van der Waals surface area contributed by atoms with Crippen LogP contribution >= 0.6 is 35.0 Å². The Morgan fingerprint density at radius 2 is 1.93 bits per heavy atom. The number of carbonyl (C=O) groups excluding carboxylic acids is 1. The average molecular weight is 423 g/mol. The molecule has 3 aromatic rings. The van der Waals surface area contributed by atoms with Crippen molar-refractivity contribution in [1.29, 1.82) is 0 Å². The average Bonchev–Trinajstić information content (AvgIpc) is 3.09. The molecule has 0 radical (unpaired) electrons. The number of thioether (sulfide) groups is 1. The minimum absolute atomic E-state index is 0.0580. The summed E-state index contributed by atoms with van der Waals surface area (Å²) in [6.45, 7) is 0.123. The molecular formula is C19H20Cl2N4OS. The van der Waals surface area contributed by atoms with Crippen LogP contribution in [0.15, 0.2) is 42.5 Å². The van der Waals surface area contributed by atoms with Crippen molar-refractivity contribution in [1.82, 2.24) is 15.3 Å². The number of nitrogens with one attached hydrogen (secondary N) is 3. The minimum Gasteiger partial charge on any atom is -0.341 e. The number of halogens is 2. The van der Waals surface area contributed by atoms with E-state index < -0.39 is 0 Å². The number of benzene rings is 2. The van der Waals surface area contributed by atoms with Gasteiger partial charge in [0.2, 0.25) is 5.91 Å². The van der Waals surface area contributed by atoms with Gasteiger partial charge in [0.25, 0.3) is 0 Å². The van der Waals surface area contributed by atoms with E-state index >= 15 is 0 Å². The van der Waals surface area contributed by atoms with E-state index in [1.165, 1.54) is 0 Å². The number of rotatable bonds is 8. The summed E-state index contributed by atoms with van der Waals surface area (Å²) in [4.78, 5) is 20.4. The monoisotopic (exact) mass is 422 g/mol. The Morgan fingerprint density at radius 1 is 1.19 bits per heavy atom. The second kappa shape index (κ2) is 9.46. The number of para-hydroxylation sites is 3. The van der Waals surface area contributed by atoms with Gasteiger partial charge in [-0.15, -0.1) is 0 Å². The van der Waals surface area contributed by atoms with Gasteiger partial charge in [0.05, 0.1) is 39.4 Å². The van der Waals surface area contributed by atoms with E-state index in [2.05, 4.69) is 26.9 Å². The SMILES string of the molecule is CSCCC(NCC(=O)Nc1c(Cl)cccc1Cl)c1nc2ccccc2[nH]1.